The van der Waals surface area contributed by atoms with Gasteiger partial charge in [-0.1, -0.05) is 30.3 Å². The van der Waals surface area contributed by atoms with Crippen LogP contribution in [0.3, 0.4) is 0 Å². The largest absolute Gasteiger partial charge is 0.468 e. The summed E-state index contributed by atoms with van der Waals surface area (Å²) >= 11 is 0. The normalized spacial score (nSPS) is 16.7. The van der Waals surface area contributed by atoms with E-state index >= 15 is 0 Å². The highest BCUT2D eigenvalue weighted by Gasteiger charge is 2.25. The van der Waals surface area contributed by atoms with E-state index in [1.165, 1.54) is 12.8 Å². The molecule has 2 heterocycles. The van der Waals surface area contributed by atoms with Gasteiger partial charge in [0.25, 0.3) is 0 Å². The van der Waals surface area contributed by atoms with Crippen LogP contribution in [0.4, 0.5) is 0 Å². The van der Waals surface area contributed by atoms with Crippen LogP contribution in [0.15, 0.2) is 59.2 Å². The third-order valence-corrected chi connectivity index (χ3v) is 4.15. The second-order valence-electron chi connectivity index (χ2n) is 5.76. The molecule has 0 aliphatic carbocycles. The van der Waals surface area contributed by atoms with Gasteiger partial charge in [0.05, 0.1) is 12.3 Å². The summed E-state index contributed by atoms with van der Waals surface area (Å²) in [7, 11) is 0. The van der Waals surface area contributed by atoms with E-state index in [9.17, 15) is 4.79 Å². The summed E-state index contributed by atoms with van der Waals surface area (Å²) in [5.41, 5.74) is 1.02. The molecule has 4 nitrogen and oxygen atoms in total. The van der Waals surface area contributed by atoms with Gasteiger partial charge < -0.3 is 9.73 Å². The second kappa shape index (κ2) is 7.79. The maximum atomic E-state index is 12.1. The van der Waals surface area contributed by atoms with Crippen molar-refractivity contribution in [3.05, 3.63) is 66.1 Å². The Morgan fingerprint density at radius 2 is 1.96 bits per heavy atom. The maximum absolute atomic E-state index is 12.1. The molecule has 1 aliphatic rings. The zero-order valence-corrected chi connectivity index (χ0v) is 13.2. The van der Waals surface area contributed by atoms with Gasteiger partial charge in [-0.3, -0.25) is 9.69 Å². The SMILES string of the molecule is O=C(C=Cc1ccccc1)NCC(c1ccco1)N1CCCC1. The zero-order valence-electron chi connectivity index (χ0n) is 13.2. The smallest absolute Gasteiger partial charge is 0.244 e. The highest BCUT2D eigenvalue weighted by molar-refractivity contribution is 5.91. The molecule has 1 aromatic carbocycles. The summed E-state index contributed by atoms with van der Waals surface area (Å²) in [5, 5.41) is 2.99. The highest BCUT2D eigenvalue weighted by atomic mass is 16.3. The fraction of sp³-hybridized carbons (Fsp3) is 0.316. The Bertz CT molecular complexity index is 629. The Morgan fingerprint density at radius 1 is 1.17 bits per heavy atom. The number of nitrogens with one attached hydrogen (secondary N) is 1. The van der Waals surface area contributed by atoms with Crippen molar-refractivity contribution in [2.75, 3.05) is 19.6 Å². The molecule has 1 fully saturated rings. The fourth-order valence-corrected chi connectivity index (χ4v) is 2.94. The van der Waals surface area contributed by atoms with Crippen LogP contribution in [0, 0.1) is 0 Å². The fourth-order valence-electron chi connectivity index (χ4n) is 2.94. The number of hydrogen-bond donors (Lipinski definition) is 1. The number of benzene rings is 1. The minimum Gasteiger partial charge on any atom is -0.468 e. The van der Waals surface area contributed by atoms with Crippen LogP contribution in [0.1, 0.15) is 30.2 Å². The quantitative estimate of drug-likeness (QED) is 0.833. The van der Waals surface area contributed by atoms with Crippen molar-refractivity contribution < 1.29 is 9.21 Å². The third kappa shape index (κ3) is 4.33. The standard InChI is InChI=1S/C19H22N2O2/c22-19(11-10-16-7-2-1-3-8-16)20-15-17(18-9-6-14-23-18)21-12-4-5-13-21/h1-3,6-11,14,17H,4-5,12-13,15H2,(H,20,22). The van der Waals surface area contributed by atoms with Crippen LogP contribution in [0.5, 0.6) is 0 Å². The first kappa shape index (κ1) is 15.6. The highest BCUT2D eigenvalue weighted by Crippen LogP contribution is 2.24. The Balaban J connectivity index is 1.58. The molecule has 1 N–H and O–H groups in total. The van der Waals surface area contributed by atoms with Gasteiger partial charge in [-0.25, -0.2) is 0 Å². The first-order valence-electron chi connectivity index (χ1n) is 8.11. The Kier molecular flexibility index (Phi) is 5.27. The number of amides is 1. The lowest BCUT2D eigenvalue weighted by atomic mass is 10.2. The Hall–Kier alpha value is -2.33. The molecule has 1 atom stereocenters. The lowest BCUT2D eigenvalue weighted by molar-refractivity contribution is -0.116. The summed E-state index contributed by atoms with van der Waals surface area (Å²) in [5.74, 6) is 0.837. The predicted octanol–water partition coefficient (Wildman–Crippen LogP) is 3.25. The average Bonchev–Trinajstić information content (AvgIpc) is 3.28. The molecule has 1 aromatic heterocycles. The lowest BCUT2D eigenvalue weighted by Gasteiger charge is -2.25. The number of likely N-dealkylation sites (tertiary alicyclic amines) is 1. The van der Waals surface area contributed by atoms with E-state index in [-0.39, 0.29) is 11.9 Å². The molecule has 23 heavy (non-hydrogen) atoms. The first-order chi connectivity index (χ1) is 11.3. The molecular weight excluding hydrogens is 288 g/mol. The van der Waals surface area contributed by atoms with Crippen molar-refractivity contribution in [2.45, 2.75) is 18.9 Å². The van der Waals surface area contributed by atoms with Crippen molar-refractivity contribution in [3.8, 4) is 0 Å². The topological polar surface area (TPSA) is 45.5 Å². The molecule has 4 heteroatoms. The van der Waals surface area contributed by atoms with Crippen molar-refractivity contribution in [1.82, 2.24) is 10.2 Å². The van der Waals surface area contributed by atoms with E-state index in [0.29, 0.717) is 6.54 Å². The second-order valence-corrected chi connectivity index (χ2v) is 5.76. The molecule has 0 bridgehead atoms. The van der Waals surface area contributed by atoms with Crippen molar-refractivity contribution in [2.24, 2.45) is 0 Å². The molecule has 2 aromatic rings. The number of rotatable bonds is 6. The molecule has 120 valence electrons. The van der Waals surface area contributed by atoms with Crippen LogP contribution in [0.25, 0.3) is 6.08 Å². The predicted molar refractivity (Wildman–Crippen MR) is 90.7 cm³/mol. The lowest BCUT2D eigenvalue weighted by Crippen LogP contribution is -2.36. The molecule has 1 aliphatic heterocycles. The summed E-state index contributed by atoms with van der Waals surface area (Å²) in [6, 6.07) is 13.8. The summed E-state index contributed by atoms with van der Waals surface area (Å²) in [6.07, 6.45) is 7.51. The minimum absolute atomic E-state index is 0.0791. The molecule has 0 radical (unpaired) electrons. The van der Waals surface area contributed by atoms with Gasteiger partial charge >= 0.3 is 0 Å². The van der Waals surface area contributed by atoms with Gasteiger partial charge in [0.15, 0.2) is 0 Å². The van der Waals surface area contributed by atoms with Crippen LogP contribution in [0.2, 0.25) is 0 Å². The van der Waals surface area contributed by atoms with Crippen molar-refractivity contribution in [1.29, 1.82) is 0 Å². The number of nitrogens with zero attached hydrogens (tertiary/aromatic N) is 1. The average molecular weight is 310 g/mol. The monoisotopic (exact) mass is 310 g/mol. The van der Waals surface area contributed by atoms with Gasteiger partial charge in [-0.15, -0.1) is 0 Å². The van der Waals surface area contributed by atoms with E-state index in [4.69, 9.17) is 4.42 Å². The molecule has 0 spiro atoms. The van der Waals surface area contributed by atoms with E-state index in [0.717, 1.165) is 24.4 Å². The summed E-state index contributed by atoms with van der Waals surface area (Å²) in [4.78, 5) is 14.4. The molecular formula is C19H22N2O2. The van der Waals surface area contributed by atoms with Gasteiger partial charge in [0.1, 0.15) is 5.76 Å². The van der Waals surface area contributed by atoms with Crippen molar-refractivity contribution >= 4 is 12.0 Å². The summed E-state index contributed by atoms with van der Waals surface area (Å²) in [6.45, 7) is 2.67. The Morgan fingerprint density at radius 3 is 2.65 bits per heavy atom. The van der Waals surface area contributed by atoms with Gasteiger partial charge in [-0.2, -0.15) is 0 Å². The van der Waals surface area contributed by atoms with E-state index in [1.807, 2.05) is 48.5 Å². The van der Waals surface area contributed by atoms with E-state index in [2.05, 4.69) is 10.2 Å². The van der Waals surface area contributed by atoms with Crippen LogP contribution in [-0.4, -0.2) is 30.4 Å². The number of carbonyl (C=O) groups excluding carboxylic acids is 1. The first-order valence-corrected chi connectivity index (χ1v) is 8.11. The van der Waals surface area contributed by atoms with Crippen LogP contribution >= 0.6 is 0 Å². The van der Waals surface area contributed by atoms with E-state index in [1.54, 1.807) is 12.3 Å². The molecule has 1 saturated heterocycles. The molecule has 1 amide bonds. The number of carbonyl (C=O) groups is 1. The molecule has 1 unspecified atom stereocenters. The van der Waals surface area contributed by atoms with Crippen LogP contribution < -0.4 is 5.32 Å². The minimum atomic E-state index is -0.0791. The van der Waals surface area contributed by atoms with Gasteiger partial charge in [0, 0.05) is 12.6 Å². The van der Waals surface area contributed by atoms with Gasteiger partial charge in [0.2, 0.25) is 5.91 Å². The number of hydrogen-bond acceptors (Lipinski definition) is 3. The van der Waals surface area contributed by atoms with E-state index < -0.39 is 0 Å². The van der Waals surface area contributed by atoms with Gasteiger partial charge in [-0.05, 0) is 49.7 Å². The van der Waals surface area contributed by atoms with Crippen molar-refractivity contribution in [3.63, 3.8) is 0 Å². The molecule has 3 rings (SSSR count). The maximum Gasteiger partial charge on any atom is 0.244 e. The number of furan rings is 1. The zero-order chi connectivity index (χ0) is 15.9. The molecule has 0 saturated carbocycles. The third-order valence-electron chi connectivity index (χ3n) is 4.15. The van der Waals surface area contributed by atoms with Crippen LogP contribution in [-0.2, 0) is 4.79 Å². The summed E-state index contributed by atoms with van der Waals surface area (Å²) < 4.78 is 5.56. The Labute approximate surface area is 136 Å².